The number of amides is 1. The largest absolute Gasteiger partial charge is 0.312 e. The molecule has 0 atom stereocenters. The van der Waals surface area contributed by atoms with Crippen molar-refractivity contribution in [1.82, 2.24) is 15.3 Å². The first-order chi connectivity index (χ1) is 10.1. The molecule has 0 fully saturated rings. The summed E-state index contributed by atoms with van der Waals surface area (Å²) in [6.07, 6.45) is 2.23. The summed E-state index contributed by atoms with van der Waals surface area (Å²) in [4.78, 5) is 19.9. The first kappa shape index (κ1) is 14.3. The lowest BCUT2D eigenvalue weighted by atomic mass is 9.98. The molecule has 7 heteroatoms. The molecule has 0 radical (unpaired) electrons. The Bertz CT molecular complexity index is 705. The summed E-state index contributed by atoms with van der Waals surface area (Å²) < 4.78 is 0. The Morgan fingerprint density at radius 3 is 2.95 bits per heavy atom. The van der Waals surface area contributed by atoms with E-state index in [4.69, 9.17) is 23.2 Å². The van der Waals surface area contributed by atoms with Gasteiger partial charge in [0.15, 0.2) is 11.0 Å². The maximum absolute atomic E-state index is 12.3. The van der Waals surface area contributed by atoms with E-state index in [1.165, 1.54) is 11.9 Å². The molecule has 1 aromatic heterocycles. The highest BCUT2D eigenvalue weighted by Gasteiger charge is 2.15. The first-order valence-electron chi connectivity index (χ1n) is 6.45. The Balaban J connectivity index is 1.84. The average Bonchev–Trinajstić information content (AvgIpc) is 2.51. The second kappa shape index (κ2) is 5.97. The molecule has 0 aliphatic carbocycles. The van der Waals surface area contributed by atoms with Crippen molar-refractivity contribution in [2.24, 2.45) is 0 Å². The van der Waals surface area contributed by atoms with Crippen LogP contribution in [-0.2, 0) is 13.0 Å². The van der Waals surface area contributed by atoms with Crippen molar-refractivity contribution < 1.29 is 4.79 Å². The van der Waals surface area contributed by atoms with Crippen LogP contribution in [0.4, 0.5) is 5.82 Å². The van der Waals surface area contributed by atoms with Gasteiger partial charge in [-0.1, -0.05) is 29.3 Å². The lowest BCUT2D eigenvalue weighted by Crippen LogP contribution is -2.24. The number of fused-ring (bicyclic) bond motifs is 1. The van der Waals surface area contributed by atoms with Crippen molar-refractivity contribution in [1.29, 1.82) is 0 Å². The lowest BCUT2D eigenvalue weighted by molar-refractivity contribution is 0.102. The standard InChI is InChI=1S/C14H12Cl2N4O/c15-11-12(16)18-7-19-13(11)20-14(21)9-2-1-8-3-4-17-6-10(8)5-9/h1-2,5,7,17H,3-4,6H2,(H,18,19,20,21). The highest BCUT2D eigenvalue weighted by Crippen LogP contribution is 2.26. The SMILES string of the molecule is O=C(Nc1ncnc(Cl)c1Cl)c1ccc2c(c1)CNCC2. The molecule has 0 unspecified atom stereocenters. The van der Waals surface area contributed by atoms with Crippen LogP contribution in [0.25, 0.3) is 0 Å². The minimum atomic E-state index is -0.278. The highest BCUT2D eigenvalue weighted by atomic mass is 35.5. The molecule has 0 saturated carbocycles. The van der Waals surface area contributed by atoms with Crippen LogP contribution in [0.2, 0.25) is 10.2 Å². The monoisotopic (exact) mass is 322 g/mol. The Kier molecular flexibility index (Phi) is 4.05. The van der Waals surface area contributed by atoms with Crippen molar-refractivity contribution in [3.05, 3.63) is 51.4 Å². The van der Waals surface area contributed by atoms with Crippen LogP contribution >= 0.6 is 23.2 Å². The van der Waals surface area contributed by atoms with E-state index in [-0.39, 0.29) is 21.9 Å². The summed E-state index contributed by atoms with van der Waals surface area (Å²) >= 11 is 11.8. The second-order valence-corrected chi connectivity index (χ2v) is 5.43. The number of anilines is 1. The molecule has 108 valence electrons. The van der Waals surface area contributed by atoms with Gasteiger partial charge in [0.25, 0.3) is 5.91 Å². The molecule has 1 aromatic carbocycles. The van der Waals surface area contributed by atoms with Gasteiger partial charge in [0.2, 0.25) is 0 Å². The normalized spacial score (nSPS) is 13.6. The Labute approximate surface area is 131 Å². The summed E-state index contributed by atoms with van der Waals surface area (Å²) in [7, 11) is 0. The molecule has 3 rings (SSSR count). The van der Waals surface area contributed by atoms with E-state index in [0.717, 1.165) is 25.1 Å². The number of carbonyl (C=O) groups is 1. The van der Waals surface area contributed by atoms with Crippen molar-refractivity contribution in [3.63, 3.8) is 0 Å². The van der Waals surface area contributed by atoms with Gasteiger partial charge in [0.05, 0.1) is 0 Å². The molecule has 5 nitrogen and oxygen atoms in total. The summed E-state index contributed by atoms with van der Waals surface area (Å²) in [5, 5.41) is 6.17. The average molecular weight is 323 g/mol. The third-order valence-electron chi connectivity index (χ3n) is 3.33. The summed E-state index contributed by atoms with van der Waals surface area (Å²) in [6, 6.07) is 5.67. The maximum Gasteiger partial charge on any atom is 0.256 e. The fourth-order valence-electron chi connectivity index (χ4n) is 2.24. The van der Waals surface area contributed by atoms with Gasteiger partial charge in [-0.15, -0.1) is 0 Å². The number of nitrogens with one attached hydrogen (secondary N) is 2. The predicted octanol–water partition coefficient (Wildman–Crippen LogP) is 2.68. The number of hydrogen-bond donors (Lipinski definition) is 2. The van der Waals surface area contributed by atoms with Crippen LogP contribution in [0, 0.1) is 0 Å². The predicted molar refractivity (Wildman–Crippen MR) is 81.9 cm³/mol. The maximum atomic E-state index is 12.3. The van der Waals surface area contributed by atoms with Crippen LogP contribution in [0.5, 0.6) is 0 Å². The summed E-state index contributed by atoms with van der Waals surface area (Å²) in [5.41, 5.74) is 2.97. The van der Waals surface area contributed by atoms with Crippen LogP contribution < -0.4 is 10.6 Å². The summed E-state index contributed by atoms with van der Waals surface area (Å²) in [5.74, 6) is -0.0717. The fraction of sp³-hybridized carbons (Fsp3) is 0.214. The zero-order chi connectivity index (χ0) is 14.8. The fourth-order valence-corrected chi connectivity index (χ4v) is 2.51. The van der Waals surface area contributed by atoms with E-state index in [2.05, 4.69) is 20.6 Å². The van der Waals surface area contributed by atoms with E-state index in [9.17, 15) is 4.79 Å². The van der Waals surface area contributed by atoms with Crippen LogP contribution in [0.15, 0.2) is 24.5 Å². The van der Waals surface area contributed by atoms with E-state index < -0.39 is 0 Å². The third kappa shape index (κ3) is 3.00. The molecule has 0 spiro atoms. The van der Waals surface area contributed by atoms with Crippen molar-refractivity contribution in [2.45, 2.75) is 13.0 Å². The molecule has 1 amide bonds. The molecule has 2 heterocycles. The molecule has 21 heavy (non-hydrogen) atoms. The number of benzene rings is 1. The highest BCUT2D eigenvalue weighted by molar-refractivity contribution is 6.43. The molecular weight excluding hydrogens is 311 g/mol. The van der Waals surface area contributed by atoms with Gasteiger partial charge in [0, 0.05) is 12.1 Å². The zero-order valence-electron chi connectivity index (χ0n) is 11.0. The van der Waals surface area contributed by atoms with Crippen molar-refractivity contribution in [2.75, 3.05) is 11.9 Å². The number of rotatable bonds is 2. The minimum absolute atomic E-state index is 0.108. The molecule has 0 bridgehead atoms. The quantitative estimate of drug-likeness (QED) is 0.834. The first-order valence-corrected chi connectivity index (χ1v) is 7.20. The smallest absolute Gasteiger partial charge is 0.256 e. The van der Waals surface area contributed by atoms with Gasteiger partial charge < -0.3 is 10.6 Å². The van der Waals surface area contributed by atoms with Gasteiger partial charge in [0.1, 0.15) is 11.3 Å². The Hall–Kier alpha value is -1.69. The Morgan fingerprint density at radius 1 is 1.24 bits per heavy atom. The van der Waals surface area contributed by atoms with Gasteiger partial charge in [-0.25, -0.2) is 9.97 Å². The zero-order valence-corrected chi connectivity index (χ0v) is 12.5. The van der Waals surface area contributed by atoms with Crippen LogP contribution in [-0.4, -0.2) is 22.4 Å². The number of carbonyl (C=O) groups excluding carboxylic acids is 1. The molecule has 1 aliphatic heterocycles. The molecule has 1 aliphatic rings. The van der Waals surface area contributed by atoms with Crippen LogP contribution in [0.1, 0.15) is 21.5 Å². The van der Waals surface area contributed by atoms with Gasteiger partial charge in [-0.2, -0.15) is 0 Å². The number of hydrogen-bond acceptors (Lipinski definition) is 4. The van der Waals surface area contributed by atoms with Crippen molar-refractivity contribution >= 4 is 34.9 Å². The lowest BCUT2D eigenvalue weighted by Gasteiger charge is -2.17. The van der Waals surface area contributed by atoms with Gasteiger partial charge in [-0.3, -0.25) is 4.79 Å². The number of halogens is 2. The topological polar surface area (TPSA) is 66.9 Å². The molecular formula is C14H12Cl2N4O. The second-order valence-electron chi connectivity index (χ2n) is 4.69. The van der Waals surface area contributed by atoms with Crippen molar-refractivity contribution in [3.8, 4) is 0 Å². The molecule has 0 saturated heterocycles. The number of aromatic nitrogens is 2. The van der Waals surface area contributed by atoms with Gasteiger partial charge in [-0.05, 0) is 36.2 Å². The molecule has 2 N–H and O–H groups in total. The van der Waals surface area contributed by atoms with E-state index in [1.807, 2.05) is 12.1 Å². The van der Waals surface area contributed by atoms with Gasteiger partial charge >= 0.3 is 0 Å². The van der Waals surface area contributed by atoms with E-state index in [0.29, 0.717) is 5.56 Å². The molecule has 2 aromatic rings. The van der Waals surface area contributed by atoms with Crippen LogP contribution in [0.3, 0.4) is 0 Å². The third-order valence-corrected chi connectivity index (χ3v) is 4.08. The summed E-state index contributed by atoms with van der Waals surface area (Å²) in [6.45, 7) is 1.74. The van der Waals surface area contributed by atoms with E-state index in [1.54, 1.807) is 6.07 Å². The minimum Gasteiger partial charge on any atom is -0.312 e. The van der Waals surface area contributed by atoms with E-state index >= 15 is 0 Å². The Morgan fingerprint density at radius 2 is 2.10 bits per heavy atom. The number of nitrogens with zero attached hydrogens (tertiary/aromatic N) is 2.